The zero-order valence-electron chi connectivity index (χ0n) is 14.0. The molecular formula is C18H14ClF4N3O. The molecule has 27 heavy (non-hydrogen) atoms. The lowest BCUT2D eigenvalue weighted by Gasteiger charge is -2.02. The maximum Gasteiger partial charge on any atom is 0.282 e. The van der Waals surface area contributed by atoms with E-state index in [1.54, 1.807) is 18.2 Å². The predicted octanol–water partition coefficient (Wildman–Crippen LogP) is 4.74. The maximum absolute atomic E-state index is 12.9. The van der Waals surface area contributed by atoms with E-state index in [9.17, 15) is 22.4 Å². The van der Waals surface area contributed by atoms with Crippen molar-refractivity contribution in [2.45, 2.75) is 6.43 Å². The first kappa shape index (κ1) is 20.4. The van der Waals surface area contributed by atoms with Crippen molar-refractivity contribution in [2.75, 3.05) is 0 Å². The molecule has 1 heterocycles. The van der Waals surface area contributed by atoms with Gasteiger partial charge in [0.05, 0.1) is 10.6 Å². The average Bonchev–Trinajstić information content (AvgIpc) is 3.00. The van der Waals surface area contributed by atoms with E-state index in [1.807, 2.05) is 0 Å². The summed E-state index contributed by atoms with van der Waals surface area (Å²) in [7, 11) is 1.44. The van der Waals surface area contributed by atoms with Gasteiger partial charge in [0.2, 0.25) is 0 Å². The average molecular weight is 400 g/mol. The lowest BCUT2D eigenvalue weighted by atomic mass is 10.1. The van der Waals surface area contributed by atoms with E-state index in [-0.39, 0.29) is 16.4 Å². The number of amides is 1. The van der Waals surface area contributed by atoms with Crippen LogP contribution in [-0.4, -0.2) is 15.7 Å². The molecule has 2 N–H and O–H groups in total. The van der Waals surface area contributed by atoms with Crippen LogP contribution in [0, 0.1) is 11.6 Å². The minimum absolute atomic E-state index is 0.0387. The molecule has 0 bridgehead atoms. The Bertz CT molecular complexity index is 960. The van der Waals surface area contributed by atoms with E-state index in [0.29, 0.717) is 11.1 Å². The van der Waals surface area contributed by atoms with Crippen LogP contribution in [0.25, 0.3) is 11.1 Å². The molecule has 3 rings (SSSR count). The van der Waals surface area contributed by atoms with Crippen LogP contribution in [0.1, 0.15) is 22.5 Å². The van der Waals surface area contributed by atoms with E-state index >= 15 is 0 Å². The van der Waals surface area contributed by atoms with Crippen molar-refractivity contribution in [3.63, 3.8) is 0 Å². The first-order valence-electron chi connectivity index (χ1n) is 7.51. The van der Waals surface area contributed by atoms with E-state index in [4.69, 9.17) is 17.3 Å². The molecule has 4 nitrogen and oxygen atoms in total. The summed E-state index contributed by atoms with van der Waals surface area (Å²) in [4.78, 5) is 10.6. The molecular weight excluding hydrogens is 386 g/mol. The first-order chi connectivity index (χ1) is 12.7. The number of rotatable bonds is 3. The second kappa shape index (κ2) is 8.68. The quantitative estimate of drug-likeness (QED) is 0.646. The van der Waals surface area contributed by atoms with Crippen molar-refractivity contribution in [1.82, 2.24) is 9.78 Å². The number of primary amides is 1. The Morgan fingerprint density at radius 1 is 1.15 bits per heavy atom. The van der Waals surface area contributed by atoms with Crippen molar-refractivity contribution in [3.05, 3.63) is 76.6 Å². The predicted molar refractivity (Wildman–Crippen MR) is 93.5 cm³/mol. The summed E-state index contributed by atoms with van der Waals surface area (Å²) in [6.45, 7) is 0. The van der Waals surface area contributed by atoms with Gasteiger partial charge in [-0.25, -0.2) is 17.6 Å². The minimum atomic E-state index is -2.77. The zero-order chi connectivity index (χ0) is 20.1. The number of hydrogen-bond acceptors (Lipinski definition) is 2. The number of aromatic nitrogens is 2. The van der Waals surface area contributed by atoms with Crippen molar-refractivity contribution < 1.29 is 22.4 Å². The topological polar surface area (TPSA) is 60.9 Å². The van der Waals surface area contributed by atoms with Crippen LogP contribution in [0.2, 0.25) is 5.02 Å². The van der Waals surface area contributed by atoms with Gasteiger partial charge in [-0.2, -0.15) is 5.10 Å². The molecule has 2 aromatic carbocycles. The van der Waals surface area contributed by atoms with Gasteiger partial charge in [0, 0.05) is 13.2 Å². The fraction of sp³-hybridized carbons (Fsp3) is 0.111. The molecule has 0 atom stereocenters. The molecule has 0 spiro atoms. The number of carbonyl (C=O) groups excluding carboxylic acids is 1. The summed E-state index contributed by atoms with van der Waals surface area (Å²) in [6.07, 6.45) is -1.60. The molecule has 0 fully saturated rings. The fourth-order valence-corrected chi connectivity index (χ4v) is 2.38. The summed E-state index contributed by atoms with van der Waals surface area (Å²) in [5.41, 5.74) is 5.42. The highest BCUT2D eigenvalue weighted by Gasteiger charge is 2.20. The van der Waals surface area contributed by atoms with Crippen LogP contribution in [0.3, 0.4) is 0 Å². The van der Waals surface area contributed by atoms with Crippen LogP contribution in [0.4, 0.5) is 17.6 Å². The Kier molecular flexibility index (Phi) is 6.57. The van der Waals surface area contributed by atoms with Gasteiger partial charge in [0.1, 0.15) is 17.3 Å². The number of aryl methyl sites for hydroxylation is 1. The number of halogens is 5. The molecule has 0 unspecified atom stereocenters. The standard InChI is InChI=1S/C12H7ClF2.C6H7F2N3O/c13-11-7-9(4-5-12(11)15)8-2-1-3-10(14)6-8;1-11-2-3(6(9)12)4(10-11)5(7)8/h1-7H;2,5H,1H3,(H2,9,12). The van der Waals surface area contributed by atoms with Gasteiger partial charge < -0.3 is 5.73 Å². The van der Waals surface area contributed by atoms with Gasteiger partial charge in [-0.15, -0.1) is 0 Å². The molecule has 1 aromatic heterocycles. The Hall–Kier alpha value is -2.87. The maximum atomic E-state index is 12.9. The highest BCUT2D eigenvalue weighted by molar-refractivity contribution is 6.31. The largest absolute Gasteiger partial charge is 0.365 e. The third-order valence-corrected chi connectivity index (χ3v) is 3.70. The van der Waals surface area contributed by atoms with Gasteiger partial charge in [0.15, 0.2) is 0 Å². The third kappa shape index (κ3) is 5.30. The number of nitrogens with two attached hydrogens (primary N) is 1. The van der Waals surface area contributed by atoms with E-state index in [2.05, 4.69) is 5.10 Å². The molecule has 0 aliphatic carbocycles. The number of benzene rings is 2. The lowest BCUT2D eigenvalue weighted by molar-refractivity contribution is 0.0985. The highest BCUT2D eigenvalue weighted by Crippen LogP contribution is 2.25. The Balaban J connectivity index is 0.000000199. The number of carbonyl (C=O) groups is 1. The van der Waals surface area contributed by atoms with E-state index in [0.717, 1.165) is 4.68 Å². The summed E-state index contributed by atoms with van der Waals surface area (Å²) in [6, 6.07) is 10.4. The molecule has 1 amide bonds. The molecule has 3 aromatic rings. The van der Waals surface area contributed by atoms with Crippen molar-refractivity contribution in [3.8, 4) is 11.1 Å². The van der Waals surface area contributed by atoms with E-state index < -0.39 is 23.8 Å². The molecule has 0 aliphatic heterocycles. The second-order valence-corrected chi connectivity index (χ2v) is 5.81. The summed E-state index contributed by atoms with van der Waals surface area (Å²) < 4.78 is 51.2. The highest BCUT2D eigenvalue weighted by atomic mass is 35.5. The second-order valence-electron chi connectivity index (χ2n) is 5.41. The molecule has 9 heteroatoms. The molecule has 0 saturated heterocycles. The number of alkyl halides is 2. The normalized spacial score (nSPS) is 10.5. The van der Waals surface area contributed by atoms with E-state index in [1.165, 1.54) is 37.5 Å². The van der Waals surface area contributed by atoms with Crippen LogP contribution in [0.15, 0.2) is 48.7 Å². The van der Waals surface area contributed by atoms with Gasteiger partial charge in [-0.05, 0) is 35.4 Å². The monoisotopic (exact) mass is 399 g/mol. The van der Waals surface area contributed by atoms with Gasteiger partial charge in [-0.3, -0.25) is 9.48 Å². The Morgan fingerprint density at radius 2 is 1.81 bits per heavy atom. The summed E-state index contributed by atoms with van der Waals surface area (Å²) in [5.74, 6) is -1.69. The van der Waals surface area contributed by atoms with Crippen molar-refractivity contribution >= 4 is 17.5 Å². The SMILES string of the molecule is Cn1cc(C(N)=O)c(C(F)F)n1.Fc1cccc(-c2ccc(F)c(Cl)c2)c1. The van der Waals surface area contributed by atoms with Crippen LogP contribution in [-0.2, 0) is 7.05 Å². The summed E-state index contributed by atoms with van der Waals surface area (Å²) >= 11 is 5.63. The van der Waals surface area contributed by atoms with Crippen LogP contribution < -0.4 is 5.73 Å². The smallest absolute Gasteiger partial charge is 0.282 e. The lowest BCUT2D eigenvalue weighted by Crippen LogP contribution is -2.12. The van der Waals surface area contributed by atoms with Crippen LogP contribution >= 0.6 is 11.6 Å². The van der Waals surface area contributed by atoms with Crippen molar-refractivity contribution in [2.24, 2.45) is 12.8 Å². The van der Waals surface area contributed by atoms with Crippen LogP contribution in [0.5, 0.6) is 0 Å². The first-order valence-corrected chi connectivity index (χ1v) is 7.89. The molecule has 142 valence electrons. The van der Waals surface area contributed by atoms with Gasteiger partial charge in [0.25, 0.3) is 12.3 Å². The molecule has 0 saturated carbocycles. The molecule has 0 radical (unpaired) electrons. The minimum Gasteiger partial charge on any atom is -0.365 e. The third-order valence-electron chi connectivity index (χ3n) is 3.41. The number of nitrogens with zero attached hydrogens (tertiary/aromatic N) is 2. The number of hydrogen-bond donors (Lipinski definition) is 1. The van der Waals surface area contributed by atoms with Gasteiger partial charge in [-0.1, -0.05) is 29.8 Å². The van der Waals surface area contributed by atoms with Crippen molar-refractivity contribution in [1.29, 1.82) is 0 Å². The Labute approximate surface area is 157 Å². The zero-order valence-corrected chi connectivity index (χ0v) is 14.7. The fourth-order valence-electron chi connectivity index (χ4n) is 2.20. The summed E-state index contributed by atoms with van der Waals surface area (Å²) in [5, 5.41) is 3.44. The van der Waals surface area contributed by atoms with Gasteiger partial charge >= 0.3 is 0 Å². The molecule has 0 aliphatic rings. The Morgan fingerprint density at radius 3 is 2.33 bits per heavy atom.